The lowest BCUT2D eigenvalue weighted by atomic mass is 10.4. The van der Waals surface area contributed by atoms with Crippen molar-refractivity contribution in [2.75, 3.05) is 26.7 Å². The third-order valence-corrected chi connectivity index (χ3v) is 6.16. The molecule has 1 fully saturated rings. The van der Waals surface area contributed by atoms with Gasteiger partial charge >= 0.3 is 0 Å². The number of nitrogens with zero attached hydrogens (tertiary/aromatic N) is 2. The molecule has 110 valence electrons. The second-order valence-electron chi connectivity index (χ2n) is 4.78. The molecule has 1 aromatic carbocycles. The predicted octanol–water partition coefficient (Wildman–Crippen LogP) is 1.69. The van der Waals surface area contributed by atoms with Gasteiger partial charge in [-0.15, -0.1) is 0 Å². The van der Waals surface area contributed by atoms with Gasteiger partial charge in [0.15, 0.2) is 0 Å². The highest BCUT2D eigenvalue weighted by molar-refractivity contribution is 9.10. The topological polar surface area (TPSA) is 57.7 Å². The van der Waals surface area contributed by atoms with Crippen LogP contribution in [0.3, 0.4) is 0 Å². The van der Waals surface area contributed by atoms with Gasteiger partial charge in [0.25, 0.3) is 0 Å². The van der Waals surface area contributed by atoms with E-state index < -0.39 is 10.0 Å². The summed E-state index contributed by atoms with van der Waals surface area (Å²) in [5.41, 5.74) is 0. The second kappa shape index (κ2) is 6.24. The summed E-state index contributed by atoms with van der Waals surface area (Å²) in [7, 11) is -2.22. The molecule has 0 aromatic heterocycles. The fourth-order valence-corrected chi connectivity index (χ4v) is 4.24. The molecule has 5 nitrogen and oxygen atoms in total. The van der Waals surface area contributed by atoms with Crippen molar-refractivity contribution in [3.05, 3.63) is 28.7 Å². The van der Waals surface area contributed by atoms with E-state index in [9.17, 15) is 13.2 Å². The maximum absolute atomic E-state index is 12.4. The van der Waals surface area contributed by atoms with E-state index >= 15 is 0 Å². The Morgan fingerprint density at radius 1 is 1.30 bits per heavy atom. The lowest BCUT2D eigenvalue weighted by molar-refractivity contribution is -0.130. The van der Waals surface area contributed by atoms with E-state index in [1.807, 2.05) is 0 Å². The van der Waals surface area contributed by atoms with Crippen LogP contribution in [0.2, 0.25) is 0 Å². The predicted molar refractivity (Wildman–Crippen MR) is 79.8 cm³/mol. The lowest BCUT2D eigenvalue weighted by Crippen LogP contribution is -2.39. The minimum atomic E-state index is -3.66. The van der Waals surface area contributed by atoms with E-state index in [1.165, 1.54) is 13.1 Å². The number of hydrogen-bond acceptors (Lipinski definition) is 3. The van der Waals surface area contributed by atoms with E-state index in [4.69, 9.17) is 0 Å². The van der Waals surface area contributed by atoms with Crippen LogP contribution < -0.4 is 0 Å². The molecule has 0 bridgehead atoms. The van der Waals surface area contributed by atoms with E-state index in [-0.39, 0.29) is 17.3 Å². The number of benzene rings is 1. The van der Waals surface area contributed by atoms with Gasteiger partial charge in [0, 0.05) is 24.6 Å². The molecule has 1 amide bonds. The highest BCUT2D eigenvalue weighted by Gasteiger charge is 2.27. The molecule has 0 N–H and O–H groups in total. The smallest absolute Gasteiger partial charge is 0.244 e. The van der Waals surface area contributed by atoms with Crippen molar-refractivity contribution in [3.8, 4) is 0 Å². The zero-order valence-corrected chi connectivity index (χ0v) is 13.7. The largest absolute Gasteiger partial charge is 0.342 e. The maximum atomic E-state index is 12.4. The highest BCUT2D eigenvalue weighted by Crippen LogP contribution is 2.24. The fraction of sp³-hybridized carbons (Fsp3) is 0.462. The van der Waals surface area contributed by atoms with Crippen LogP contribution in [0.5, 0.6) is 0 Å². The first-order valence-electron chi connectivity index (χ1n) is 6.41. The summed E-state index contributed by atoms with van der Waals surface area (Å²) in [6.45, 7) is 1.33. The van der Waals surface area contributed by atoms with Gasteiger partial charge in [-0.2, -0.15) is 4.31 Å². The third-order valence-electron chi connectivity index (χ3n) is 3.34. The first-order chi connectivity index (χ1) is 9.43. The molecule has 1 saturated heterocycles. The van der Waals surface area contributed by atoms with Crippen LogP contribution >= 0.6 is 15.9 Å². The number of rotatable bonds is 4. The lowest BCUT2D eigenvalue weighted by Gasteiger charge is -2.21. The van der Waals surface area contributed by atoms with E-state index in [0.717, 1.165) is 30.2 Å². The number of carbonyl (C=O) groups is 1. The van der Waals surface area contributed by atoms with E-state index in [2.05, 4.69) is 15.9 Å². The Balaban J connectivity index is 2.13. The summed E-state index contributed by atoms with van der Waals surface area (Å²) in [4.78, 5) is 13.9. The fourth-order valence-electron chi connectivity index (χ4n) is 2.16. The molecule has 0 aliphatic carbocycles. The molecule has 0 radical (unpaired) electrons. The van der Waals surface area contributed by atoms with Crippen molar-refractivity contribution in [2.24, 2.45) is 0 Å². The van der Waals surface area contributed by atoms with Crippen LogP contribution in [0, 0.1) is 0 Å². The molecule has 20 heavy (non-hydrogen) atoms. The van der Waals surface area contributed by atoms with Crippen LogP contribution in [-0.4, -0.2) is 50.2 Å². The van der Waals surface area contributed by atoms with Crippen LogP contribution in [0.25, 0.3) is 0 Å². The minimum Gasteiger partial charge on any atom is -0.342 e. The van der Waals surface area contributed by atoms with Crippen molar-refractivity contribution >= 4 is 31.9 Å². The van der Waals surface area contributed by atoms with Crippen LogP contribution in [0.1, 0.15) is 12.8 Å². The Morgan fingerprint density at radius 3 is 2.50 bits per heavy atom. The molecule has 1 aromatic rings. The highest BCUT2D eigenvalue weighted by atomic mass is 79.9. The molecule has 1 aliphatic heterocycles. The summed E-state index contributed by atoms with van der Waals surface area (Å²) >= 11 is 3.23. The summed E-state index contributed by atoms with van der Waals surface area (Å²) in [5.74, 6) is -0.138. The zero-order valence-electron chi connectivity index (χ0n) is 11.3. The molecule has 0 atom stereocenters. The van der Waals surface area contributed by atoms with Gasteiger partial charge in [0.2, 0.25) is 15.9 Å². The van der Waals surface area contributed by atoms with Crippen molar-refractivity contribution in [1.29, 1.82) is 0 Å². The molecule has 0 unspecified atom stereocenters. The summed E-state index contributed by atoms with van der Waals surface area (Å²) in [6, 6.07) is 6.60. The quantitative estimate of drug-likeness (QED) is 0.820. The Labute approximate surface area is 127 Å². The van der Waals surface area contributed by atoms with Gasteiger partial charge in [0.1, 0.15) is 0 Å². The van der Waals surface area contributed by atoms with E-state index in [0.29, 0.717) is 4.47 Å². The van der Waals surface area contributed by atoms with Gasteiger partial charge in [0.05, 0.1) is 11.4 Å². The average molecular weight is 361 g/mol. The maximum Gasteiger partial charge on any atom is 0.244 e. The van der Waals surface area contributed by atoms with Crippen molar-refractivity contribution in [2.45, 2.75) is 17.7 Å². The first-order valence-corrected chi connectivity index (χ1v) is 8.65. The average Bonchev–Trinajstić information content (AvgIpc) is 2.92. The SMILES string of the molecule is CN(CC(=O)N1CCCC1)S(=O)(=O)c1ccccc1Br. The van der Waals surface area contributed by atoms with Crippen LogP contribution in [0.4, 0.5) is 0 Å². The van der Waals surface area contributed by atoms with Crippen molar-refractivity contribution < 1.29 is 13.2 Å². The molecule has 2 rings (SSSR count). The third kappa shape index (κ3) is 3.21. The Hall–Kier alpha value is -0.920. The number of likely N-dealkylation sites (tertiary alicyclic amines) is 1. The molecular formula is C13H17BrN2O3S. The van der Waals surface area contributed by atoms with Gasteiger partial charge in [-0.25, -0.2) is 8.42 Å². The molecule has 1 heterocycles. The minimum absolute atomic E-state index is 0.121. The summed E-state index contributed by atoms with van der Waals surface area (Å²) < 4.78 is 26.5. The van der Waals surface area contributed by atoms with Gasteiger partial charge in [-0.05, 0) is 40.9 Å². The Kier molecular flexibility index (Phi) is 4.82. The standard InChI is InChI=1S/C13H17BrN2O3S/c1-15(10-13(17)16-8-4-5-9-16)20(18,19)12-7-3-2-6-11(12)14/h2-3,6-7H,4-5,8-10H2,1H3. The normalized spacial score (nSPS) is 15.8. The monoisotopic (exact) mass is 360 g/mol. The second-order valence-corrected chi connectivity index (χ2v) is 7.65. The van der Waals surface area contributed by atoms with E-state index in [1.54, 1.807) is 23.1 Å². The summed E-state index contributed by atoms with van der Waals surface area (Å²) in [6.07, 6.45) is 1.98. The summed E-state index contributed by atoms with van der Waals surface area (Å²) in [5, 5.41) is 0. The molecular weight excluding hydrogens is 344 g/mol. The van der Waals surface area contributed by atoms with Crippen LogP contribution in [0.15, 0.2) is 33.6 Å². The number of halogens is 1. The number of likely N-dealkylation sites (N-methyl/N-ethyl adjacent to an activating group) is 1. The number of amides is 1. The van der Waals surface area contributed by atoms with Crippen LogP contribution in [-0.2, 0) is 14.8 Å². The van der Waals surface area contributed by atoms with Crippen molar-refractivity contribution in [3.63, 3.8) is 0 Å². The van der Waals surface area contributed by atoms with Gasteiger partial charge in [-0.3, -0.25) is 4.79 Å². The Bertz CT molecular complexity index is 597. The number of hydrogen-bond donors (Lipinski definition) is 0. The zero-order chi connectivity index (χ0) is 14.8. The number of sulfonamides is 1. The molecule has 7 heteroatoms. The molecule has 0 spiro atoms. The molecule has 0 saturated carbocycles. The number of carbonyl (C=O) groups excluding carboxylic acids is 1. The van der Waals surface area contributed by atoms with Gasteiger partial charge in [-0.1, -0.05) is 12.1 Å². The van der Waals surface area contributed by atoms with Gasteiger partial charge < -0.3 is 4.90 Å². The Morgan fingerprint density at radius 2 is 1.90 bits per heavy atom. The first kappa shape index (κ1) is 15.5. The van der Waals surface area contributed by atoms with Crippen molar-refractivity contribution in [1.82, 2.24) is 9.21 Å². The molecule has 1 aliphatic rings.